The van der Waals surface area contributed by atoms with Gasteiger partial charge in [-0.3, -0.25) is 4.79 Å². The van der Waals surface area contributed by atoms with Crippen LogP contribution in [0.5, 0.6) is 0 Å². The number of methoxy groups -OCH3 is 1. The SMILES string of the molecule is COC(=O)[C@H]1CCN(c2cc(F)c(Br)cn2)C1. The number of rotatable bonds is 2. The molecule has 1 atom stereocenters. The van der Waals surface area contributed by atoms with Gasteiger partial charge in [0.05, 0.1) is 17.5 Å². The van der Waals surface area contributed by atoms with Crippen LogP contribution in [0.1, 0.15) is 6.42 Å². The van der Waals surface area contributed by atoms with Gasteiger partial charge in [0.1, 0.15) is 11.6 Å². The molecule has 2 heterocycles. The standard InChI is InChI=1S/C11H12BrFN2O2/c1-17-11(16)7-2-3-15(6-7)10-4-9(13)8(12)5-14-10/h4-5,7H,2-3,6H2,1H3/t7-/m0/s1. The smallest absolute Gasteiger partial charge is 0.310 e. The van der Waals surface area contributed by atoms with E-state index >= 15 is 0 Å². The fourth-order valence-electron chi connectivity index (χ4n) is 1.90. The fraction of sp³-hybridized carbons (Fsp3) is 0.455. The molecule has 0 spiro atoms. The number of esters is 1. The summed E-state index contributed by atoms with van der Waals surface area (Å²) < 4.78 is 18.4. The third-order valence-electron chi connectivity index (χ3n) is 2.84. The van der Waals surface area contributed by atoms with Gasteiger partial charge >= 0.3 is 5.97 Å². The van der Waals surface area contributed by atoms with Crippen molar-refractivity contribution in [3.8, 4) is 0 Å². The molecule has 0 N–H and O–H groups in total. The Kier molecular flexibility index (Phi) is 3.61. The number of carbonyl (C=O) groups is 1. The first-order valence-corrected chi connectivity index (χ1v) is 6.05. The van der Waals surface area contributed by atoms with Crippen LogP contribution in [0, 0.1) is 11.7 Å². The molecule has 1 aromatic heterocycles. The molecule has 0 aromatic carbocycles. The van der Waals surface area contributed by atoms with E-state index in [-0.39, 0.29) is 17.7 Å². The minimum atomic E-state index is -0.350. The molecule has 1 aliphatic heterocycles. The Balaban J connectivity index is 2.10. The summed E-state index contributed by atoms with van der Waals surface area (Å²) in [5.74, 6) is -0.160. The first-order chi connectivity index (χ1) is 8.11. The molecule has 1 fully saturated rings. The molecule has 6 heteroatoms. The maximum absolute atomic E-state index is 13.3. The summed E-state index contributed by atoms with van der Waals surface area (Å²) in [5, 5.41) is 0. The number of ether oxygens (including phenoxy) is 1. The second-order valence-electron chi connectivity index (χ2n) is 3.91. The lowest BCUT2D eigenvalue weighted by molar-refractivity contribution is -0.144. The number of hydrogen-bond acceptors (Lipinski definition) is 4. The van der Waals surface area contributed by atoms with E-state index in [4.69, 9.17) is 4.74 Å². The molecule has 0 amide bonds. The first kappa shape index (κ1) is 12.3. The third-order valence-corrected chi connectivity index (χ3v) is 3.42. The van der Waals surface area contributed by atoms with Crippen LogP contribution in [0.4, 0.5) is 10.2 Å². The number of hydrogen-bond donors (Lipinski definition) is 0. The quantitative estimate of drug-likeness (QED) is 0.784. The van der Waals surface area contributed by atoms with E-state index in [2.05, 4.69) is 20.9 Å². The van der Waals surface area contributed by atoms with E-state index in [0.717, 1.165) is 0 Å². The maximum atomic E-state index is 13.3. The Morgan fingerprint density at radius 1 is 1.71 bits per heavy atom. The predicted octanol–water partition coefficient (Wildman–Crippen LogP) is 1.98. The van der Waals surface area contributed by atoms with E-state index in [0.29, 0.717) is 29.8 Å². The van der Waals surface area contributed by atoms with Gasteiger partial charge in [-0.25, -0.2) is 9.37 Å². The van der Waals surface area contributed by atoms with Crippen LogP contribution in [-0.2, 0) is 9.53 Å². The molecule has 0 radical (unpaired) electrons. The number of halogens is 2. The van der Waals surface area contributed by atoms with Gasteiger partial charge in [0, 0.05) is 25.4 Å². The Hall–Kier alpha value is -1.17. The zero-order chi connectivity index (χ0) is 12.4. The lowest BCUT2D eigenvalue weighted by Gasteiger charge is -2.17. The van der Waals surface area contributed by atoms with Crippen molar-refractivity contribution in [1.82, 2.24) is 4.98 Å². The summed E-state index contributed by atoms with van der Waals surface area (Å²) in [6.45, 7) is 1.22. The summed E-state index contributed by atoms with van der Waals surface area (Å²) in [6.07, 6.45) is 2.14. The molecule has 1 aromatic rings. The van der Waals surface area contributed by atoms with Crippen molar-refractivity contribution >= 4 is 27.7 Å². The van der Waals surface area contributed by atoms with Crippen LogP contribution < -0.4 is 4.90 Å². The summed E-state index contributed by atoms with van der Waals surface area (Å²) >= 11 is 3.05. The van der Waals surface area contributed by atoms with Gasteiger partial charge in [-0.05, 0) is 22.4 Å². The summed E-state index contributed by atoms with van der Waals surface area (Å²) in [5.41, 5.74) is 0. The molecular formula is C11H12BrFN2O2. The van der Waals surface area contributed by atoms with Crippen LogP contribution in [0.2, 0.25) is 0 Å². The van der Waals surface area contributed by atoms with Crippen LogP contribution >= 0.6 is 15.9 Å². The molecule has 92 valence electrons. The summed E-state index contributed by atoms with van der Waals surface area (Å²) in [7, 11) is 1.38. The average Bonchev–Trinajstić information content (AvgIpc) is 2.81. The van der Waals surface area contributed by atoms with E-state index in [1.165, 1.54) is 19.4 Å². The van der Waals surface area contributed by atoms with Gasteiger partial charge in [0.25, 0.3) is 0 Å². The van der Waals surface area contributed by atoms with Crippen LogP contribution in [0.15, 0.2) is 16.7 Å². The van der Waals surface area contributed by atoms with E-state index in [9.17, 15) is 9.18 Å². The van der Waals surface area contributed by atoms with Gasteiger partial charge in [0.15, 0.2) is 0 Å². The van der Waals surface area contributed by atoms with Crippen LogP contribution in [0.3, 0.4) is 0 Å². The highest BCUT2D eigenvalue weighted by Crippen LogP contribution is 2.25. The highest BCUT2D eigenvalue weighted by molar-refractivity contribution is 9.10. The van der Waals surface area contributed by atoms with Crippen molar-refractivity contribution in [2.24, 2.45) is 5.92 Å². The predicted molar refractivity (Wildman–Crippen MR) is 64.2 cm³/mol. The Labute approximate surface area is 107 Å². The molecule has 1 aliphatic rings. The monoisotopic (exact) mass is 302 g/mol. The van der Waals surface area contributed by atoms with Crippen molar-refractivity contribution < 1.29 is 13.9 Å². The second-order valence-corrected chi connectivity index (χ2v) is 4.77. The molecule has 0 saturated carbocycles. The van der Waals surface area contributed by atoms with Crippen LogP contribution in [0.25, 0.3) is 0 Å². The molecule has 1 saturated heterocycles. The lowest BCUT2D eigenvalue weighted by atomic mass is 10.1. The Bertz CT molecular complexity index is 441. The van der Waals surface area contributed by atoms with Gasteiger partial charge in [-0.1, -0.05) is 0 Å². The van der Waals surface area contributed by atoms with E-state index in [1.54, 1.807) is 0 Å². The molecule has 0 unspecified atom stereocenters. The summed E-state index contributed by atoms with van der Waals surface area (Å²) in [6, 6.07) is 1.36. The maximum Gasteiger partial charge on any atom is 0.310 e. The van der Waals surface area contributed by atoms with Gasteiger partial charge in [0.2, 0.25) is 0 Å². The average molecular weight is 303 g/mol. The molecule has 0 bridgehead atoms. The normalized spacial score (nSPS) is 19.5. The zero-order valence-electron chi connectivity index (χ0n) is 9.32. The topological polar surface area (TPSA) is 42.4 Å². The highest BCUT2D eigenvalue weighted by Gasteiger charge is 2.29. The van der Waals surface area contributed by atoms with Crippen molar-refractivity contribution in [3.05, 3.63) is 22.6 Å². The van der Waals surface area contributed by atoms with Crippen molar-refractivity contribution in [3.63, 3.8) is 0 Å². The second kappa shape index (κ2) is 5.00. The number of anilines is 1. The van der Waals surface area contributed by atoms with Crippen LogP contribution in [-0.4, -0.2) is 31.2 Å². The number of aromatic nitrogens is 1. The Morgan fingerprint density at radius 3 is 3.12 bits per heavy atom. The highest BCUT2D eigenvalue weighted by atomic mass is 79.9. The largest absolute Gasteiger partial charge is 0.469 e. The molecule has 0 aliphatic carbocycles. The van der Waals surface area contributed by atoms with Gasteiger partial charge in [-0.2, -0.15) is 0 Å². The van der Waals surface area contributed by atoms with Gasteiger partial charge in [-0.15, -0.1) is 0 Å². The number of carbonyl (C=O) groups excluding carboxylic acids is 1. The molecule has 4 nitrogen and oxygen atoms in total. The van der Waals surface area contributed by atoms with E-state index in [1.807, 2.05) is 4.90 Å². The number of nitrogens with zero attached hydrogens (tertiary/aromatic N) is 2. The molecular weight excluding hydrogens is 291 g/mol. The minimum absolute atomic E-state index is 0.145. The minimum Gasteiger partial charge on any atom is -0.469 e. The molecule has 17 heavy (non-hydrogen) atoms. The lowest BCUT2D eigenvalue weighted by Crippen LogP contribution is -2.24. The first-order valence-electron chi connectivity index (χ1n) is 5.25. The zero-order valence-corrected chi connectivity index (χ0v) is 10.9. The Morgan fingerprint density at radius 2 is 2.47 bits per heavy atom. The number of pyridine rings is 1. The van der Waals surface area contributed by atoms with Crippen molar-refractivity contribution in [1.29, 1.82) is 0 Å². The van der Waals surface area contributed by atoms with Crippen molar-refractivity contribution in [2.45, 2.75) is 6.42 Å². The summed E-state index contributed by atoms with van der Waals surface area (Å²) in [4.78, 5) is 17.4. The third kappa shape index (κ3) is 2.57. The van der Waals surface area contributed by atoms with Gasteiger partial charge < -0.3 is 9.64 Å². The fourth-order valence-corrected chi connectivity index (χ4v) is 2.12. The van der Waals surface area contributed by atoms with E-state index < -0.39 is 0 Å². The van der Waals surface area contributed by atoms with Crippen molar-refractivity contribution in [2.75, 3.05) is 25.1 Å². The molecule has 2 rings (SSSR count).